The number of aromatic nitrogens is 1. The summed E-state index contributed by atoms with van der Waals surface area (Å²) in [6.45, 7) is 1.89. The normalized spacial score (nSPS) is 18.3. The molecule has 1 aromatic carbocycles. The number of nitrogens with zero attached hydrogens (tertiary/aromatic N) is 2. The smallest absolute Gasteiger partial charge is 0.358 e. The second-order valence-electron chi connectivity index (χ2n) is 5.86. The molecule has 0 aliphatic carbocycles. The van der Waals surface area contributed by atoms with E-state index in [-0.39, 0.29) is 11.8 Å². The Morgan fingerprint density at radius 1 is 1.46 bits per heavy atom. The Labute approximate surface area is 139 Å². The molecule has 0 radical (unpaired) electrons. The van der Waals surface area contributed by atoms with Crippen molar-refractivity contribution in [2.45, 2.75) is 18.9 Å². The predicted molar refractivity (Wildman–Crippen MR) is 86.6 cm³/mol. The summed E-state index contributed by atoms with van der Waals surface area (Å²) in [7, 11) is 3.64. The average Bonchev–Trinajstić information content (AvgIpc) is 3.05. The molecule has 0 amide bonds. The standard InChI is InChI=1S/C17H20N2O5/c1-19-8-4-5-11(10-19)23-16-12(6-3-7-14(16)22-2)15-9-13(17(20)21)18-24-15/h3,6-7,9,11H,4-5,8,10H2,1-2H3,(H,20,21). The Morgan fingerprint density at radius 2 is 2.29 bits per heavy atom. The molecule has 3 rings (SSSR count). The number of hydrogen-bond donors (Lipinski definition) is 1. The highest BCUT2D eigenvalue weighted by Crippen LogP contribution is 2.39. The van der Waals surface area contributed by atoms with E-state index >= 15 is 0 Å². The number of aromatic carboxylic acids is 1. The minimum absolute atomic E-state index is 0.0423. The molecule has 7 heteroatoms. The van der Waals surface area contributed by atoms with Gasteiger partial charge in [0, 0.05) is 12.6 Å². The quantitative estimate of drug-likeness (QED) is 0.900. The van der Waals surface area contributed by atoms with E-state index in [0.717, 1.165) is 25.9 Å². The summed E-state index contributed by atoms with van der Waals surface area (Å²) in [5.41, 5.74) is 0.485. The van der Waals surface area contributed by atoms with E-state index < -0.39 is 5.97 Å². The van der Waals surface area contributed by atoms with Crippen LogP contribution in [0.25, 0.3) is 11.3 Å². The molecule has 2 heterocycles. The molecular weight excluding hydrogens is 312 g/mol. The number of piperidine rings is 1. The third-order valence-electron chi connectivity index (χ3n) is 4.06. The molecule has 0 bridgehead atoms. The van der Waals surface area contributed by atoms with E-state index in [1.807, 2.05) is 0 Å². The van der Waals surface area contributed by atoms with E-state index in [2.05, 4.69) is 17.1 Å². The van der Waals surface area contributed by atoms with Crippen molar-refractivity contribution < 1.29 is 23.9 Å². The molecular formula is C17H20N2O5. The van der Waals surface area contributed by atoms with Crippen molar-refractivity contribution in [3.63, 3.8) is 0 Å². The zero-order chi connectivity index (χ0) is 17.1. The van der Waals surface area contributed by atoms with Gasteiger partial charge in [-0.1, -0.05) is 11.2 Å². The van der Waals surface area contributed by atoms with Crippen LogP contribution < -0.4 is 9.47 Å². The van der Waals surface area contributed by atoms with Gasteiger partial charge >= 0.3 is 5.97 Å². The molecule has 1 atom stereocenters. The van der Waals surface area contributed by atoms with Crippen molar-refractivity contribution in [3.05, 3.63) is 30.0 Å². The zero-order valence-corrected chi connectivity index (χ0v) is 13.7. The number of rotatable bonds is 5. The van der Waals surface area contributed by atoms with E-state index in [0.29, 0.717) is 22.8 Å². The van der Waals surface area contributed by atoms with Gasteiger partial charge in [-0.05, 0) is 38.6 Å². The fourth-order valence-corrected chi connectivity index (χ4v) is 2.88. The van der Waals surface area contributed by atoms with Gasteiger partial charge < -0.3 is 24.0 Å². The lowest BCUT2D eigenvalue weighted by Gasteiger charge is -2.30. The number of ether oxygens (including phenoxy) is 2. The van der Waals surface area contributed by atoms with Crippen molar-refractivity contribution in [1.29, 1.82) is 0 Å². The Morgan fingerprint density at radius 3 is 2.96 bits per heavy atom. The molecule has 0 spiro atoms. The first kappa shape index (κ1) is 16.3. The van der Waals surface area contributed by atoms with Gasteiger partial charge in [-0.15, -0.1) is 0 Å². The lowest BCUT2D eigenvalue weighted by atomic mass is 10.1. The van der Waals surface area contributed by atoms with Crippen LogP contribution in [0, 0.1) is 0 Å². The lowest BCUT2D eigenvalue weighted by molar-refractivity contribution is 0.0686. The number of carbonyl (C=O) groups is 1. The van der Waals surface area contributed by atoms with Crippen LogP contribution in [0.15, 0.2) is 28.8 Å². The molecule has 1 aliphatic rings. The highest BCUT2D eigenvalue weighted by Gasteiger charge is 2.24. The molecule has 128 valence electrons. The van der Waals surface area contributed by atoms with Crippen LogP contribution >= 0.6 is 0 Å². The van der Waals surface area contributed by atoms with Crippen molar-refractivity contribution >= 4 is 5.97 Å². The Balaban J connectivity index is 1.95. The van der Waals surface area contributed by atoms with Crippen molar-refractivity contribution in [2.75, 3.05) is 27.2 Å². The monoisotopic (exact) mass is 332 g/mol. The number of carboxylic acids is 1. The van der Waals surface area contributed by atoms with Crippen molar-refractivity contribution in [1.82, 2.24) is 10.1 Å². The number of methoxy groups -OCH3 is 1. The molecule has 1 aromatic heterocycles. The number of likely N-dealkylation sites (tertiary alicyclic amines) is 1. The molecule has 0 saturated carbocycles. The van der Waals surface area contributed by atoms with Crippen LogP contribution in [0.5, 0.6) is 11.5 Å². The number of carboxylic acid groups (broad SMARTS) is 1. The van der Waals surface area contributed by atoms with Crippen LogP contribution in [-0.2, 0) is 0 Å². The first-order valence-corrected chi connectivity index (χ1v) is 7.81. The summed E-state index contributed by atoms with van der Waals surface area (Å²) in [5, 5.41) is 12.6. The van der Waals surface area contributed by atoms with E-state index in [1.54, 1.807) is 25.3 Å². The van der Waals surface area contributed by atoms with Gasteiger partial charge in [-0.3, -0.25) is 0 Å². The molecule has 1 unspecified atom stereocenters. The van der Waals surface area contributed by atoms with Crippen molar-refractivity contribution in [3.8, 4) is 22.8 Å². The van der Waals surface area contributed by atoms with Gasteiger partial charge in [0.1, 0.15) is 6.10 Å². The van der Waals surface area contributed by atoms with Gasteiger partial charge in [0.2, 0.25) is 0 Å². The molecule has 1 fully saturated rings. The van der Waals surface area contributed by atoms with Crippen LogP contribution in [0.1, 0.15) is 23.3 Å². The van der Waals surface area contributed by atoms with Gasteiger partial charge in [0.25, 0.3) is 0 Å². The highest BCUT2D eigenvalue weighted by molar-refractivity contribution is 5.87. The number of likely N-dealkylation sites (N-methyl/N-ethyl adjacent to an activating group) is 1. The lowest BCUT2D eigenvalue weighted by Crippen LogP contribution is -2.38. The number of para-hydroxylation sites is 1. The second-order valence-corrected chi connectivity index (χ2v) is 5.86. The topological polar surface area (TPSA) is 85.0 Å². The van der Waals surface area contributed by atoms with Gasteiger partial charge in [0.05, 0.1) is 12.7 Å². The van der Waals surface area contributed by atoms with Crippen molar-refractivity contribution in [2.24, 2.45) is 0 Å². The number of benzene rings is 1. The average molecular weight is 332 g/mol. The van der Waals surface area contributed by atoms with Crippen LogP contribution in [0.3, 0.4) is 0 Å². The third-order valence-corrected chi connectivity index (χ3v) is 4.06. The Bertz CT molecular complexity index is 728. The molecule has 7 nitrogen and oxygen atoms in total. The molecule has 2 aromatic rings. The third kappa shape index (κ3) is 3.35. The first-order chi connectivity index (χ1) is 11.6. The second kappa shape index (κ2) is 6.92. The minimum Gasteiger partial charge on any atom is -0.493 e. The summed E-state index contributed by atoms with van der Waals surface area (Å²) < 4.78 is 16.8. The fraction of sp³-hybridized carbons (Fsp3) is 0.412. The molecule has 1 N–H and O–H groups in total. The van der Waals surface area contributed by atoms with Gasteiger partial charge in [-0.25, -0.2) is 4.79 Å². The SMILES string of the molecule is COc1cccc(-c2cc(C(=O)O)no2)c1OC1CCCN(C)C1. The predicted octanol–water partition coefficient (Wildman–Crippen LogP) is 2.52. The first-order valence-electron chi connectivity index (χ1n) is 7.81. The van der Waals surface area contributed by atoms with E-state index in [9.17, 15) is 4.79 Å². The fourth-order valence-electron chi connectivity index (χ4n) is 2.88. The molecule has 1 aliphatic heterocycles. The maximum absolute atomic E-state index is 11.0. The maximum atomic E-state index is 11.0. The molecule has 1 saturated heterocycles. The van der Waals surface area contributed by atoms with Gasteiger partial charge in [-0.2, -0.15) is 0 Å². The summed E-state index contributed by atoms with van der Waals surface area (Å²) in [6, 6.07) is 6.80. The minimum atomic E-state index is -1.13. The zero-order valence-electron chi connectivity index (χ0n) is 13.7. The maximum Gasteiger partial charge on any atom is 0.358 e. The highest BCUT2D eigenvalue weighted by atomic mass is 16.5. The number of hydrogen-bond acceptors (Lipinski definition) is 6. The van der Waals surface area contributed by atoms with E-state index in [1.165, 1.54) is 6.07 Å². The summed E-state index contributed by atoms with van der Waals surface area (Å²) >= 11 is 0. The summed E-state index contributed by atoms with van der Waals surface area (Å²) in [4.78, 5) is 13.2. The van der Waals surface area contributed by atoms with Crippen LogP contribution in [0.4, 0.5) is 0 Å². The largest absolute Gasteiger partial charge is 0.493 e. The Kier molecular flexibility index (Phi) is 4.71. The van der Waals surface area contributed by atoms with Crippen LogP contribution in [-0.4, -0.2) is 54.5 Å². The molecule has 24 heavy (non-hydrogen) atoms. The van der Waals surface area contributed by atoms with Gasteiger partial charge in [0.15, 0.2) is 23.0 Å². The summed E-state index contributed by atoms with van der Waals surface area (Å²) in [6.07, 6.45) is 2.07. The summed E-state index contributed by atoms with van der Waals surface area (Å²) in [5.74, 6) is 0.331. The van der Waals surface area contributed by atoms with Crippen LogP contribution in [0.2, 0.25) is 0 Å². The Hall–Kier alpha value is -2.54. The van der Waals surface area contributed by atoms with E-state index in [4.69, 9.17) is 19.1 Å².